The van der Waals surface area contributed by atoms with Crippen LogP contribution in [0.4, 0.5) is 24.7 Å². The van der Waals surface area contributed by atoms with Crippen molar-refractivity contribution in [2.24, 2.45) is 0 Å². The van der Waals surface area contributed by atoms with Gasteiger partial charge in [-0.25, -0.2) is 4.98 Å². The molecule has 0 fully saturated rings. The number of nitrogens with two attached hydrogens (primary N) is 1. The molecule has 3 nitrogen and oxygen atoms in total. The van der Waals surface area contributed by atoms with E-state index < -0.39 is 17.6 Å². The molecule has 2 aromatic rings. The van der Waals surface area contributed by atoms with Gasteiger partial charge in [0.1, 0.15) is 11.4 Å². The zero-order chi connectivity index (χ0) is 15.3. The van der Waals surface area contributed by atoms with Crippen LogP contribution < -0.4 is 11.1 Å². The summed E-state index contributed by atoms with van der Waals surface area (Å²) < 4.78 is 38.8. The summed E-state index contributed by atoms with van der Waals surface area (Å²) in [6.07, 6.45) is -1.72. The van der Waals surface area contributed by atoms with Crippen molar-refractivity contribution in [3.05, 3.63) is 53.7 Å². The molecular weight excluding hydrogens is 279 g/mol. The summed E-state index contributed by atoms with van der Waals surface area (Å²) in [5.74, 6) is -0.504. The SMILES string of the molecule is Nc1nccc(NCCCc2ccccc2)c1C(F)(F)F. The van der Waals surface area contributed by atoms with Crippen molar-refractivity contribution < 1.29 is 13.2 Å². The van der Waals surface area contributed by atoms with E-state index in [0.29, 0.717) is 6.54 Å². The van der Waals surface area contributed by atoms with E-state index >= 15 is 0 Å². The number of nitrogens with zero attached hydrogens (tertiary/aromatic N) is 1. The topological polar surface area (TPSA) is 50.9 Å². The monoisotopic (exact) mass is 295 g/mol. The Labute approximate surface area is 121 Å². The summed E-state index contributed by atoms with van der Waals surface area (Å²) in [6, 6.07) is 11.1. The molecule has 21 heavy (non-hydrogen) atoms. The Balaban J connectivity index is 1.96. The maximum Gasteiger partial charge on any atom is 0.421 e. The highest BCUT2D eigenvalue weighted by atomic mass is 19.4. The van der Waals surface area contributed by atoms with Crippen molar-refractivity contribution in [1.82, 2.24) is 4.98 Å². The van der Waals surface area contributed by atoms with Gasteiger partial charge in [0, 0.05) is 12.7 Å². The number of nitrogen functional groups attached to an aromatic ring is 1. The molecule has 112 valence electrons. The molecule has 0 saturated carbocycles. The molecule has 0 radical (unpaired) electrons. The zero-order valence-corrected chi connectivity index (χ0v) is 11.3. The van der Waals surface area contributed by atoms with Crippen LogP contribution in [0.15, 0.2) is 42.6 Å². The average molecular weight is 295 g/mol. The highest BCUT2D eigenvalue weighted by Gasteiger charge is 2.36. The van der Waals surface area contributed by atoms with Crippen molar-refractivity contribution in [2.75, 3.05) is 17.6 Å². The lowest BCUT2D eigenvalue weighted by atomic mass is 10.1. The molecule has 2 rings (SSSR count). The first-order valence-electron chi connectivity index (χ1n) is 6.58. The van der Waals surface area contributed by atoms with E-state index in [1.165, 1.54) is 12.3 Å². The molecule has 1 aromatic carbocycles. The second kappa shape index (κ2) is 6.47. The lowest BCUT2D eigenvalue weighted by Gasteiger charge is -2.15. The van der Waals surface area contributed by atoms with Gasteiger partial charge in [-0.2, -0.15) is 13.2 Å². The Bertz CT molecular complexity index is 582. The van der Waals surface area contributed by atoms with Gasteiger partial charge in [-0.1, -0.05) is 30.3 Å². The van der Waals surface area contributed by atoms with Gasteiger partial charge >= 0.3 is 6.18 Å². The highest BCUT2D eigenvalue weighted by Crippen LogP contribution is 2.37. The minimum atomic E-state index is -4.51. The minimum Gasteiger partial charge on any atom is -0.384 e. The van der Waals surface area contributed by atoms with Crippen LogP contribution in [-0.4, -0.2) is 11.5 Å². The van der Waals surface area contributed by atoms with Gasteiger partial charge in [0.2, 0.25) is 0 Å². The van der Waals surface area contributed by atoms with Gasteiger partial charge in [0.05, 0.1) is 5.69 Å². The van der Waals surface area contributed by atoms with Gasteiger partial charge in [-0.05, 0) is 24.5 Å². The van der Waals surface area contributed by atoms with Crippen molar-refractivity contribution in [1.29, 1.82) is 0 Å². The molecule has 0 aliphatic rings. The van der Waals surface area contributed by atoms with Gasteiger partial charge in [0.25, 0.3) is 0 Å². The molecule has 3 N–H and O–H groups in total. The predicted octanol–water partition coefficient (Wildman–Crippen LogP) is 3.73. The van der Waals surface area contributed by atoms with Gasteiger partial charge < -0.3 is 11.1 Å². The molecule has 0 atom stereocenters. The van der Waals surface area contributed by atoms with Crippen LogP contribution in [0.5, 0.6) is 0 Å². The number of aryl methyl sites for hydroxylation is 1. The Hall–Kier alpha value is -2.24. The van der Waals surface area contributed by atoms with E-state index in [1.54, 1.807) is 0 Å². The smallest absolute Gasteiger partial charge is 0.384 e. The van der Waals surface area contributed by atoms with Gasteiger partial charge in [-0.15, -0.1) is 0 Å². The number of halogens is 3. The third kappa shape index (κ3) is 4.11. The van der Waals surface area contributed by atoms with E-state index in [1.807, 2.05) is 30.3 Å². The lowest BCUT2D eigenvalue weighted by molar-refractivity contribution is -0.136. The van der Waals surface area contributed by atoms with Crippen LogP contribution in [0.3, 0.4) is 0 Å². The Kier molecular flexibility index (Phi) is 4.67. The fraction of sp³-hybridized carbons (Fsp3) is 0.267. The Morgan fingerprint density at radius 2 is 1.81 bits per heavy atom. The summed E-state index contributed by atoms with van der Waals surface area (Å²) in [7, 11) is 0. The number of hydrogen-bond acceptors (Lipinski definition) is 3. The molecule has 1 heterocycles. The number of anilines is 2. The minimum absolute atomic E-state index is 0.0249. The van der Waals surface area contributed by atoms with Gasteiger partial charge in [-0.3, -0.25) is 0 Å². The number of pyridine rings is 1. The van der Waals surface area contributed by atoms with Crippen LogP contribution >= 0.6 is 0 Å². The molecule has 0 bridgehead atoms. The first-order valence-corrected chi connectivity index (χ1v) is 6.58. The van der Waals surface area contributed by atoms with E-state index in [4.69, 9.17) is 5.73 Å². The van der Waals surface area contributed by atoms with Gasteiger partial charge in [0.15, 0.2) is 0 Å². The Morgan fingerprint density at radius 1 is 1.10 bits per heavy atom. The van der Waals surface area contributed by atoms with Crippen molar-refractivity contribution in [2.45, 2.75) is 19.0 Å². The molecular formula is C15H16F3N3. The average Bonchev–Trinajstić information content (AvgIpc) is 2.43. The van der Waals surface area contributed by atoms with Crippen LogP contribution in [0.1, 0.15) is 17.5 Å². The largest absolute Gasteiger partial charge is 0.421 e. The van der Waals surface area contributed by atoms with Crippen LogP contribution in [0, 0.1) is 0 Å². The summed E-state index contributed by atoms with van der Waals surface area (Å²) in [6.45, 7) is 0.432. The summed E-state index contributed by atoms with van der Waals surface area (Å²) in [5, 5.41) is 2.79. The van der Waals surface area contributed by atoms with Crippen LogP contribution in [-0.2, 0) is 12.6 Å². The molecule has 0 spiro atoms. The highest BCUT2D eigenvalue weighted by molar-refractivity contribution is 5.61. The van der Waals surface area contributed by atoms with E-state index in [9.17, 15) is 13.2 Å². The summed E-state index contributed by atoms with van der Waals surface area (Å²) >= 11 is 0. The van der Waals surface area contributed by atoms with Crippen molar-refractivity contribution in [3.8, 4) is 0 Å². The standard InChI is InChI=1S/C15H16F3N3/c16-15(17,18)13-12(8-10-21-14(13)19)20-9-4-7-11-5-2-1-3-6-11/h1-3,5-6,8,10H,4,7,9H2,(H3,19,20,21). The van der Waals surface area contributed by atoms with Crippen molar-refractivity contribution in [3.63, 3.8) is 0 Å². The first-order chi connectivity index (χ1) is 9.98. The van der Waals surface area contributed by atoms with E-state index in [2.05, 4.69) is 10.3 Å². The number of benzene rings is 1. The molecule has 0 aliphatic heterocycles. The molecule has 0 saturated heterocycles. The Morgan fingerprint density at radius 3 is 2.48 bits per heavy atom. The molecule has 0 aliphatic carbocycles. The fourth-order valence-corrected chi connectivity index (χ4v) is 2.08. The first kappa shape index (κ1) is 15.2. The van der Waals surface area contributed by atoms with E-state index in [0.717, 1.165) is 18.4 Å². The second-order valence-electron chi connectivity index (χ2n) is 4.63. The number of nitrogens with one attached hydrogen (secondary N) is 1. The van der Waals surface area contributed by atoms with Crippen LogP contribution in [0.2, 0.25) is 0 Å². The second-order valence-corrected chi connectivity index (χ2v) is 4.63. The molecule has 6 heteroatoms. The van der Waals surface area contributed by atoms with Crippen LogP contribution in [0.25, 0.3) is 0 Å². The molecule has 0 amide bonds. The quantitative estimate of drug-likeness (QED) is 0.826. The summed E-state index contributed by atoms with van der Waals surface area (Å²) in [5.41, 5.74) is 5.57. The normalized spacial score (nSPS) is 11.4. The lowest BCUT2D eigenvalue weighted by Crippen LogP contribution is -2.15. The molecule has 0 unspecified atom stereocenters. The summed E-state index contributed by atoms with van der Waals surface area (Å²) in [4.78, 5) is 3.50. The number of aromatic nitrogens is 1. The molecule has 1 aromatic heterocycles. The third-order valence-electron chi connectivity index (χ3n) is 3.06. The van der Waals surface area contributed by atoms with E-state index in [-0.39, 0.29) is 5.69 Å². The maximum atomic E-state index is 12.9. The zero-order valence-electron chi connectivity index (χ0n) is 11.3. The maximum absolute atomic E-state index is 12.9. The number of alkyl halides is 3. The number of hydrogen-bond donors (Lipinski definition) is 2. The van der Waals surface area contributed by atoms with Crippen molar-refractivity contribution >= 4 is 11.5 Å². The predicted molar refractivity (Wildman–Crippen MR) is 76.9 cm³/mol. The third-order valence-corrected chi connectivity index (χ3v) is 3.06. The number of rotatable bonds is 5. The fourth-order valence-electron chi connectivity index (χ4n) is 2.08.